The van der Waals surface area contributed by atoms with Crippen LogP contribution >= 0.6 is 0 Å². The highest BCUT2D eigenvalue weighted by Gasteiger charge is 2.41. The van der Waals surface area contributed by atoms with Crippen molar-refractivity contribution in [3.8, 4) is 0 Å². The third kappa shape index (κ3) is 9.25. The van der Waals surface area contributed by atoms with E-state index in [1.165, 1.54) is 12.4 Å². The third-order valence-corrected chi connectivity index (χ3v) is 2.89. The van der Waals surface area contributed by atoms with Crippen LogP contribution in [0.3, 0.4) is 0 Å². The summed E-state index contributed by atoms with van der Waals surface area (Å²) in [5, 5.41) is 3.69. The Labute approximate surface area is 143 Å². The smallest absolute Gasteiger partial charge is 0.464 e. The Morgan fingerprint density at radius 3 is 2.04 bits per heavy atom. The molecule has 0 rings (SSSR count). The van der Waals surface area contributed by atoms with Gasteiger partial charge in [-0.15, -0.1) is 0 Å². The molecule has 25 heavy (non-hydrogen) atoms. The van der Waals surface area contributed by atoms with Gasteiger partial charge in [-0.1, -0.05) is 13.3 Å². The molecule has 0 aliphatic heterocycles. The Hall–Kier alpha value is -1.88. The van der Waals surface area contributed by atoms with Crippen molar-refractivity contribution in [2.45, 2.75) is 38.0 Å². The van der Waals surface area contributed by atoms with E-state index in [0.717, 1.165) is 13.5 Å². The van der Waals surface area contributed by atoms with Gasteiger partial charge >= 0.3 is 18.1 Å². The molecule has 2 atom stereocenters. The standard InChI is InChI=1S/C14H23F3N2O6/c1-4-5-6-25-12(21)10(8-24-3)18-11(20)9(7-23-2)19-13(22)14(15,16)17/h9-10H,4-8H2,1-3H3,(H,18,20)(H,19,22)/t9-,10-/m0/s1. The number of carbonyl (C=O) groups excluding carboxylic acids is 3. The van der Waals surface area contributed by atoms with Gasteiger partial charge < -0.3 is 24.8 Å². The van der Waals surface area contributed by atoms with Gasteiger partial charge in [0.1, 0.15) is 6.04 Å². The Bertz CT molecular complexity index is 445. The number of alkyl halides is 3. The number of nitrogens with one attached hydrogen (secondary N) is 2. The van der Waals surface area contributed by atoms with Crippen molar-refractivity contribution >= 4 is 17.8 Å². The first-order valence-corrected chi connectivity index (χ1v) is 7.49. The number of methoxy groups -OCH3 is 2. The van der Waals surface area contributed by atoms with Crippen LogP contribution in [0.15, 0.2) is 0 Å². The molecule has 0 aromatic carbocycles. The number of rotatable bonds is 11. The quantitative estimate of drug-likeness (QED) is 0.396. The average molecular weight is 372 g/mol. The van der Waals surface area contributed by atoms with E-state index >= 15 is 0 Å². The molecule has 0 aliphatic carbocycles. The molecule has 8 nitrogen and oxygen atoms in total. The van der Waals surface area contributed by atoms with Crippen molar-refractivity contribution in [2.75, 3.05) is 34.0 Å². The van der Waals surface area contributed by atoms with Crippen LogP contribution in [0.2, 0.25) is 0 Å². The summed E-state index contributed by atoms with van der Waals surface area (Å²) in [6, 6.07) is -2.86. The van der Waals surface area contributed by atoms with Crippen LogP contribution in [0, 0.1) is 0 Å². The molecule has 0 heterocycles. The van der Waals surface area contributed by atoms with Gasteiger partial charge in [0, 0.05) is 14.2 Å². The molecule has 0 fully saturated rings. The Morgan fingerprint density at radius 2 is 1.56 bits per heavy atom. The lowest BCUT2D eigenvalue weighted by atomic mass is 10.2. The van der Waals surface area contributed by atoms with Crippen LogP contribution in [-0.2, 0) is 28.6 Å². The second kappa shape index (κ2) is 11.6. The van der Waals surface area contributed by atoms with Crippen molar-refractivity contribution in [3.63, 3.8) is 0 Å². The molecule has 2 N–H and O–H groups in total. The summed E-state index contributed by atoms with van der Waals surface area (Å²) >= 11 is 0. The first-order valence-electron chi connectivity index (χ1n) is 7.49. The number of hydrogen-bond donors (Lipinski definition) is 2. The van der Waals surface area contributed by atoms with E-state index in [2.05, 4.69) is 10.1 Å². The minimum Gasteiger partial charge on any atom is -0.464 e. The number of ether oxygens (including phenoxy) is 3. The van der Waals surface area contributed by atoms with Gasteiger partial charge in [-0.05, 0) is 6.42 Å². The van der Waals surface area contributed by atoms with E-state index in [1.807, 2.05) is 6.92 Å². The maximum absolute atomic E-state index is 12.3. The normalized spacial score (nSPS) is 13.7. The highest BCUT2D eigenvalue weighted by atomic mass is 19.4. The molecule has 0 aromatic rings. The largest absolute Gasteiger partial charge is 0.471 e. The fraction of sp³-hybridized carbons (Fsp3) is 0.786. The monoisotopic (exact) mass is 372 g/mol. The van der Waals surface area contributed by atoms with Crippen molar-refractivity contribution in [1.82, 2.24) is 10.6 Å². The van der Waals surface area contributed by atoms with Crippen LogP contribution in [-0.4, -0.2) is 70.1 Å². The lowest BCUT2D eigenvalue weighted by Crippen LogP contribution is -2.56. The molecular weight excluding hydrogens is 349 g/mol. The zero-order valence-corrected chi connectivity index (χ0v) is 14.3. The molecule has 0 bridgehead atoms. The van der Waals surface area contributed by atoms with Gasteiger partial charge in [-0.3, -0.25) is 9.59 Å². The Kier molecular flexibility index (Phi) is 10.8. The van der Waals surface area contributed by atoms with Gasteiger partial charge in [-0.25, -0.2) is 4.79 Å². The molecule has 146 valence electrons. The van der Waals surface area contributed by atoms with Crippen LogP contribution in [0.1, 0.15) is 19.8 Å². The summed E-state index contributed by atoms with van der Waals surface area (Å²) in [6.07, 6.45) is -3.75. The minimum absolute atomic E-state index is 0.137. The zero-order valence-electron chi connectivity index (χ0n) is 14.3. The van der Waals surface area contributed by atoms with E-state index < -0.39 is 42.7 Å². The van der Waals surface area contributed by atoms with Gasteiger partial charge in [-0.2, -0.15) is 13.2 Å². The number of esters is 1. The van der Waals surface area contributed by atoms with E-state index in [9.17, 15) is 27.6 Å². The molecule has 0 unspecified atom stereocenters. The number of amides is 2. The highest BCUT2D eigenvalue weighted by Crippen LogP contribution is 2.14. The van der Waals surface area contributed by atoms with E-state index in [-0.39, 0.29) is 13.2 Å². The summed E-state index contributed by atoms with van der Waals surface area (Å²) in [4.78, 5) is 35.0. The summed E-state index contributed by atoms with van der Waals surface area (Å²) in [5.41, 5.74) is 0. The first-order chi connectivity index (χ1) is 11.7. The fourth-order valence-electron chi connectivity index (χ4n) is 1.61. The second-order valence-corrected chi connectivity index (χ2v) is 5.02. The molecule has 0 aliphatic rings. The molecule has 0 aromatic heterocycles. The van der Waals surface area contributed by atoms with Crippen molar-refractivity contribution < 1.29 is 41.8 Å². The average Bonchev–Trinajstić information content (AvgIpc) is 2.53. The van der Waals surface area contributed by atoms with E-state index in [1.54, 1.807) is 0 Å². The van der Waals surface area contributed by atoms with Crippen LogP contribution in [0.5, 0.6) is 0 Å². The zero-order chi connectivity index (χ0) is 19.5. The summed E-state index contributed by atoms with van der Waals surface area (Å²) in [6.45, 7) is 1.26. The fourth-order valence-corrected chi connectivity index (χ4v) is 1.61. The number of unbranched alkanes of at least 4 members (excludes halogenated alkanes) is 1. The number of halogens is 3. The third-order valence-electron chi connectivity index (χ3n) is 2.89. The van der Waals surface area contributed by atoms with Gasteiger partial charge in [0.05, 0.1) is 19.8 Å². The lowest BCUT2D eigenvalue weighted by molar-refractivity contribution is -0.175. The predicted molar refractivity (Wildman–Crippen MR) is 79.5 cm³/mol. The lowest BCUT2D eigenvalue weighted by Gasteiger charge is -2.22. The summed E-state index contributed by atoms with van der Waals surface area (Å²) < 4.78 is 51.3. The van der Waals surface area contributed by atoms with Crippen LogP contribution < -0.4 is 10.6 Å². The molecule has 2 amide bonds. The summed E-state index contributed by atoms with van der Waals surface area (Å²) in [7, 11) is 2.42. The van der Waals surface area contributed by atoms with Gasteiger partial charge in [0.15, 0.2) is 6.04 Å². The SMILES string of the molecule is CCCCOC(=O)[C@H](COC)NC(=O)[C@H](COC)NC(=O)C(F)(F)F. The van der Waals surface area contributed by atoms with Crippen molar-refractivity contribution in [1.29, 1.82) is 0 Å². The second-order valence-electron chi connectivity index (χ2n) is 5.02. The van der Waals surface area contributed by atoms with Crippen molar-refractivity contribution in [2.24, 2.45) is 0 Å². The van der Waals surface area contributed by atoms with E-state index in [4.69, 9.17) is 9.47 Å². The van der Waals surface area contributed by atoms with Gasteiger partial charge in [0.25, 0.3) is 0 Å². The number of carbonyl (C=O) groups is 3. The molecular formula is C14H23F3N2O6. The molecule has 0 radical (unpaired) electrons. The predicted octanol–water partition coefficient (Wildman–Crippen LogP) is 0.154. The highest BCUT2D eigenvalue weighted by molar-refractivity contribution is 5.92. The van der Waals surface area contributed by atoms with Gasteiger partial charge in [0.2, 0.25) is 5.91 Å². The van der Waals surface area contributed by atoms with Crippen LogP contribution in [0.4, 0.5) is 13.2 Å². The maximum Gasteiger partial charge on any atom is 0.471 e. The first kappa shape index (κ1) is 23.1. The minimum atomic E-state index is -5.16. The molecule has 11 heteroatoms. The molecule has 0 saturated heterocycles. The van der Waals surface area contributed by atoms with E-state index in [0.29, 0.717) is 6.42 Å². The summed E-state index contributed by atoms with van der Waals surface area (Å²) in [5.74, 6) is -4.12. The Balaban J connectivity index is 4.89. The van der Waals surface area contributed by atoms with Crippen molar-refractivity contribution in [3.05, 3.63) is 0 Å². The number of hydrogen-bond acceptors (Lipinski definition) is 6. The molecule has 0 saturated carbocycles. The molecule has 0 spiro atoms. The topological polar surface area (TPSA) is 103 Å². The van der Waals surface area contributed by atoms with Crippen LogP contribution in [0.25, 0.3) is 0 Å². The Morgan fingerprint density at radius 1 is 1.00 bits per heavy atom. The maximum atomic E-state index is 12.3.